The number of nitrogens with zero attached hydrogens (tertiary/aromatic N) is 1. The lowest BCUT2D eigenvalue weighted by Gasteiger charge is -2.09. The van der Waals surface area contributed by atoms with Crippen LogP contribution in [0.4, 0.5) is 5.69 Å². The minimum atomic E-state index is -0.477. The number of nitriles is 1. The third kappa shape index (κ3) is 5.71. The number of para-hydroxylation sites is 1. The summed E-state index contributed by atoms with van der Waals surface area (Å²) in [4.78, 5) is 12.3. The van der Waals surface area contributed by atoms with Gasteiger partial charge in [-0.25, -0.2) is 0 Å². The van der Waals surface area contributed by atoms with Crippen molar-refractivity contribution in [3.05, 3.63) is 100 Å². The number of rotatable bonds is 6. The van der Waals surface area contributed by atoms with Crippen LogP contribution in [0, 0.1) is 18.3 Å². The summed E-state index contributed by atoms with van der Waals surface area (Å²) >= 11 is 6.32. The highest BCUT2D eigenvalue weighted by atomic mass is 35.5. The van der Waals surface area contributed by atoms with Crippen LogP contribution < -0.4 is 10.1 Å². The molecule has 1 amide bonds. The first-order valence-corrected chi connectivity index (χ1v) is 9.39. The zero-order chi connectivity index (χ0) is 20.6. The van der Waals surface area contributed by atoms with E-state index in [-0.39, 0.29) is 5.57 Å². The highest BCUT2D eigenvalue weighted by Crippen LogP contribution is 2.27. The molecule has 5 heteroatoms. The van der Waals surface area contributed by atoms with Crippen molar-refractivity contribution < 1.29 is 9.53 Å². The molecule has 0 heterocycles. The number of anilines is 1. The van der Waals surface area contributed by atoms with E-state index in [1.165, 1.54) is 11.6 Å². The zero-order valence-corrected chi connectivity index (χ0v) is 16.6. The normalized spacial score (nSPS) is 10.9. The molecule has 0 aliphatic heterocycles. The van der Waals surface area contributed by atoms with Gasteiger partial charge >= 0.3 is 0 Å². The van der Waals surface area contributed by atoms with Gasteiger partial charge in [-0.15, -0.1) is 0 Å². The molecular weight excluding hydrogens is 384 g/mol. The second-order valence-corrected chi connectivity index (χ2v) is 6.86. The minimum Gasteiger partial charge on any atom is -0.487 e. The van der Waals surface area contributed by atoms with E-state index in [1.54, 1.807) is 42.5 Å². The van der Waals surface area contributed by atoms with Crippen LogP contribution in [0.3, 0.4) is 0 Å². The summed E-state index contributed by atoms with van der Waals surface area (Å²) in [5, 5.41) is 12.5. The van der Waals surface area contributed by atoms with Gasteiger partial charge < -0.3 is 10.1 Å². The Kier molecular flexibility index (Phi) is 6.67. The van der Waals surface area contributed by atoms with Crippen molar-refractivity contribution >= 4 is 29.3 Å². The Balaban J connectivity index is 1.70. The summed E-state index contributed by atoms with van der Waals surface area (Å²) < 4.78 is 5.78. The number of carbonyl (C=O) groups is 1. The van der Waals surface area contributed by atoms with Gasteiger partial charge in [-0.1, -0.05) is 65.7 Å². The average Bonchev–Trinajstić information content (AvgIpc) is 2.73. The number of ether oxygens (including phenoxy) is 1. The first kappa shape index (κ1) is 20.2. The Bertz CT molecular complexity index is 1070. The van der Waals surface area contributed by atoms with Crippen molar-refractivity contribution in [1.82, 2.24) is 0 Å². The van der Waals surface area contributed by atoms with Crippen LogP contribution >= 0.6 is 11.6 Å². The molecule has 0 aromatic heterocycles. The van der Waals surface area contributed by atoms with Gasteiger partial charge in [0.05, 0.1) is 5.02 Å². The maximum absolute atomic E-state index is 12.3. The van der Waals surface area contributed by atoms with Crippen LogP contribution in [-0.4, -0.2) is 5.91 Å². The Morgan fingerprint density at radius 3 is 2.48 bits per heavy atom. The van der Waals surface area contributed by atoms with Crippen LogP contribution in [0.1, 0.15) is 16.7 Å². The predicted molar refractivity (Wildman–Crippen MR) is 116 cm³/mol. The molecule has 3 aromatic carbocycles. The quantitative estimate of drug-likeness (QED) is 0.420. The van der Waals surface area contributed by atoms with E-state index >= 15 is 0 Å². The Morgan fingerprint density at radius 2 is 1.83 bits per heavy atom. The fourth-order valence-corrected chi connectivity index (χ4v) is 2.85. The lowest BCUT2D eigenvalue weighted by atomic mass is 10.1. The lowest BCUT2D eigenvalue weighted by molar-refractivity contribution is -0.112. The van der Waals surface area contributed by atoms with E-state index in [1.807, 2.05) is 43.3 Å². The molecule has 0 saturated heterocycles. The van der Waals surface area contributed by atoms with Gasteiger partial charge in [-0.05, 0) is 48.4 Å². The highest BCUT2D eigenvalue weighted by Gasteiger charge is 2.10. The number of nitrogens with one attached hydrogen (secondary N) is 1. The number of hydrogen-bond donors (Lipinski definition) is 1. The molecule has 0 bridgehead atoms. The van der Waals surface area contributed by atoms with E-state index in [2.05, 4.69) is 5.32 Å². The largest absolute Gasteiger partial charge is 0.487 e. The SMILES string of the molecule is Cc1ccc(COc2ccc(/C=C(\C#N)C(=O)Nc3ccccc3)cc2Cl)cc1. The number of hydrogen-bond acceptors (Lipinski definition) is 3. The maximum atomic E-state index is 12.3. The Morgan fingerprint density at radius 1 is 1.10 bits per heavy atom. The van der Waals surface area contributed by atoms with Crippen molar-refractivity contribution in [2.45, 2.75) is 13.5 Å². The van der Waals surface area contributed by atoms with Crippen molar-refractivity contribution in [3.8, 4) is 11.8 Å². The smallest absolute Gasteiger partial charge is 0.266 e. The van der Waals surface area contributed by atoms with Gasteiger partial charge in [0.25, 0.3) is 5.91 Å². The fourth-order valence-electron chi connectivity index (χ4n) is 2.60. The number of carbonyl (C=O) groups excluding carboxylic acids is 1. The van der Waals surface area contributed by atoms with Crippen LogP contribution in [0.25, 0.3) is 6.08 Å². The molecule has 144 valence electrons. The zero-order valence-electron chi connectivity index (χ0n) is 15.9. The second kappa shape index (κ2) is 9.59. The Labute approximate surface area is 175 Å². The standard InChI is InChI=1S/C24H19ClN2O2/c1-17-7-9-18(10-8-17)16-29-23-12-11-19(14-22(23)25)13-20(15-26)24(28)27-21-5-3-2-4-6-21/h2-14H,16H2,1H3,(H,27,28)/b20-13+. The summed E-state index contributed by atoms with van der Waals surface area (Å²) in [5.74, 6) is 0.0613. The first-order valence-electron chi connectivity index (χ1n) is 9.01. The molecule has 0 radical (unpaired) electrons. The van der Waals surface area contributed by atoms with E-state index in [4.69, 9.17) is 16.3 Å². The molecule has 0 spiro atoms. The molecule has 0 unspecified atom stereocenters. The van der Waals surface area contributed by atoms with Crippen molar-refractivity contribution in [2.75, 3.05) is 5.32 Å². The predicted octanol–water partition coefficient (Wildman–Crippen LogP) is 5.77. The van der Waals surface area contributed by atoms with E-state index < -0.39 is 5.91 Å². The maximum Gasteiger partial charge on any atom is 0.266 e. The minimum absolute atomic E-state index is 0.0155. The number of benzene rings is 3. The van der Waals surface area contributed by atoms with Crippen LogP contribution in [0.15, 0.2) is 78.4 Å². The molecule has 0 aliphatic rings. The Hall–Kier alpha value is -3.55. The van der Waals surface area contributed by atoms with E-state index in [0.29, 0.717) is 28.6 Å². The van der Waals surface area contributed by atoms with Crippen molar-refractivity contribution in [3.63, 3.8) is 0 Å². The van der Waals surface area contributed by atoms with Gasteiger partial charge in [0.15, 0.2) is 0 Å². The summed E-state index contributed by atoms with van der Waals surface area (Å²) in [6, 6.07) is 24.1. The third-order valence-electron chi connectivity index (χ3n) is 4.18. The third-order valence-corrected chi connectivity index (χ3v) is 4.47. The molecule has 0 saturated carbocycles. The number of aryl methyl sites for hydroxylation is 1. The summed E-state index contributed by atoms with van der Waals surface area (Å²) in [5.41, 5.74) is 3.47. The average molecular weight is 403 g/mol. The summed E-state index contributed by atoms with van der Waals surface area (Å²) in [6.45, 7) is 2.43. The summed E-state index contributed by atoms with van der Waals surface area (Å²) in [7, 11) is 0. The van der Waals surface area contributed by atoms with Gasteiger partial charge in [-0.3, -0.25) is 4.79 Å². The van der Waals surface area contributed by atoms with Gasteiger partial charge in [-0.2, -0.15) is 5.26 Å². The molecular formula is C24H19ClN2O2. The van der Waals surface area contributed by atoms with Gasteiger partial charge in [0, 0.05) is 5.69 Å². The van der Waals surface area contributed by atoms with Crippen LogP contribution in [0.2, 0.25) is 5.02 Å². The molecule has 0 atom stereocenters. The monoisotopic (exact) mass is 402 g/mol. The van der Waals surface area contributed by atoms with Gasteiger partial charge in [0.1, 0.15) is 24.0 Å². The topological polar surface area (TPSA) is 62.1 Å². The second-order valence-electron chi connectivity index (χ2n) is 6.45. The van der Waals surface area contributed by atoms with Crippen molar-refractivity contribution in [2.24, 2.45) is 0 Å². The van der Waals surface area contributed by atoms with Crippen molar-refractivity contribution in [1.29, 1.82) is 5.26 Å². The molecule has 0 fully saturated rings. The van der Waals surface area contributed by atoms with Crippen LogP contribution in [0.5, 0.6) is 5.75 Å². The molecule has 3 rings (SSSR count). The number of halogens is 1. The molecule has 1 N–H and O–H groups in total. The molecule has 3 aromatic rings. The lowest BCUT2D eigenvalue weighted by Crippen LogP contribution is -2.13. The number of amides is 1. The first-order chi connectivity index (χ1) is 14.0. The van der Waals surface area contributed by atoms with E-state index in [0.717, 1.165) is 5.56 Å². The molecule has 4 nitrogen and oxygen atoms in total. The van der Waals surface area contributed by atoms with Gasteiger partial charge in [0.2, 0.25) is 0 Å². The molecule has 29 heavy (non-hydrogen) atoms. The highest BCUT2D eigenvalue weighted by molar-refractivity contribution is 6.32. The molecule has 0 aliphatic carbocycles. The fraction of sp³-hybridized carbons (Fsp3) is 0.0833. The summed E-state index contributed by atoms with van der Waals surface area (Å²) in [6.07, 6.45) is 1.49. The van der Waals surface area contributed by atoms with E-state index in [9.17, 15) is 10.1 Å². The van der Waals surface area contributed by atoms with Crippen LogP contribution in [-0.2, 0) is 11.4 Å².